The van der Waals surface area contributed by atoms with Crippen LogP contribution in [0.5, 0.6) is 0 Å². The van der Waals surface area contributed by atoms with Crippen LogP contribution in [0.4, 0.5) is 0 Å². The van der Waals surface area contributed by atoms with Crippen molar-refractivity contribution >= 4 is 72.8 Å². The number of unbranched alkanes of at least 4 members (excludes halogenated alkanes) is 12. The first kappa shape index (κ1) is 62.8. The van der Waals surface area contributed by atoms with Gasteiger partial charge >= 0.3 is 60.8 Å². The molecule has 0 fully saturated rings. The van der Waals surface area contributed by atoms with Gasteiger partial charge in [0.15, 0.2) is 0 Å². The van der Waals surface area contributed by atoms with Crippen LogP contribution >= 0.6 is 0 Å². The van der Waals surface area contributed by atoms with Crippen LogP contribution in [0.1, 0.15) is 219 Å². The van der Waals surface area contributed by atoms with Crippen molar-refractivity contribution in [2.75, 3.05) is 0 Å². The van der Waals surface area contributed by atoms with E-state index in [2.05, 4.69) is 62.4 Å². The summed E-state index contributed by atoms with van der Waals surface area (Å²) in [6.07, 6.45) is 27.6. The van der Waals surface area contributed by atoms with Crippen LogP contribution in [-0.2, 0) is 51.3 Å². The summed E-state index contributed by atoms with van der Waals surface area (Å²) >= 11 is 0. The maximum Gasteiger partial charge on any atom is 2.00 e. The third kappa shape index (κ3) is 40.6. The van der Waals surface area contributed by atoms with Crippen LogP contribution in [0.25, 0.3) is 0 Å². The molecule has 0 saturated heterocycles. The Labute approximate surface area is 434 Å². The van der Waals surface area contributed by atoms with Crippen molar-refractivity contribution in [3.63, 3.8) is 0 Å². The van der Waals surface area contributed by atoms with Crippen molar-refractivity contribution in [3.05, 3.63) is 71.8 Å². The van der Waals surface area contributed by atoms with E-state index in [0.717, 1.165) is 77.0 Å². The molecule has 0 radical (unpaired) electrons. The Morgan fingerprint density at radius 1 is 0.415 bits per heavy atom. The van der Waals surface area contributed by atoms with E-state index in [1.54, 1.807) is 0 Å². The first-order valence-electron chi connectivity index (χ1n) is 25.1. The van der Waals surface area contributed by atoms with Gasteiger partial charge in [-0.2, -0.15) is 0 Å². The van der Waals surface area contributed by atoms with Crippen molar-refractivity contribution in [2.45, 2.75) is 245 Å². The zero-order chi connectivity index (χ0) is 46.9. The van der Waals surface area contributed by atoms with Crippen molar-refractivity contribution in [3.8, 4) is 0 Å². The molecule has 0 heterocycles. The number of ether oxygens (including phenoxy) is 4. The monoisotopic (exact) mass is 1030 g/mol. The molecule has 0 aliphatic carbocycles. The zero-order valence-corrected chi connectivity index (χ0v) is 45.5. The number of carboxylic acids is 2. The van der Waals surface area contributed by atoms with Crippen LogP contribution < -0.4 is 10.2 Å². The predicted octanol–water partition coefficient (Wildman–Crippen LogP) is 11.1. The molecule has 0 saturated carbocycles. The summed E-state index contributed by atoms with van der Waals surface area (Å²) in [5, 5.41) is 21.1. The summed E-state index contributed by atoms with van der Waals surface area (Å²) in [4.78, 5) is 43.5. The third-order valence-corrected chi connectivity index (χ3v) is 11.5. The minimum Gasteiger partial charge on any atom is -0.550 e. The number of rotatable bonds is 40. The molecule has 2 rings (SSSR count). The largest absolute Gasteiger partial charge is 2.00 e. The molecule has 65 heavy (non-hydrogen) atoms. The fourth-order valence-corrected chi connectivity index (χ4v) is 8.04. The number of benzene rings is 2. The Kier molecular flexibility index (Phi) is 42.8. The molecule has 0 amide bonds. The number of esters is 2. The fraction of sp³-hybridized carbons (Fsp3) is 0.704. The second kappa shape index (κ2) is 44.3. The molecule has 0 aromatic heterocycles. The predicted molar refractivity (Wildman–Crippen MR) is 258 cm³/mol. The van der Waals surface area contributed by atoms with Crippen LogP contribution in [0.3, 0.4) is 0 Å². The van der Waals surface area contributed by atoms with Gasteiger partial charge in [0.2, 0.25) is 0 Å². The topological polar surface area (TPSA) is 151 Å². The van der Waals surface area contributed by atoms with E-state index in [1.165, 1.54) is 89.2 Å². The average Bonchev–Trinajstić information content (AvgIpc) is 3.26. The van der Waals surface area contributed by atoms with Crippen LogP contribution in [0, 0.1) is 0 Å². The third-order valence-electron chi connectivity index (χ3n) is 11.5. The first-order chi connectivity index (χ1) is 31.0. The van der Waals surface area contributed by atoms with E-state index >= 15 is 0 Å². The number of carbonyl (C=O) groups is 4. The van der Waals surface area contributed by atoms with Gasteiger partial charge in [0.05, 0.1) is 25.4 Å². The van der Waals surface area contributed by atoms with E-state index in [-0.39, 0.29) is 85.9 Å². The molecule has 0 aliphatic rings. The quantitative estimate of drug-likeness (QED) is 0.0358. The molecule has 10 nitrogen and oxygen atoms in total. The van der Waals surface area contributed by atoms with Gasteiger partial charge in [-0.3, -0.25) is 9.59 Å². The minimum atomic E-state index is -1.05. The second-order valence-corrected chi connectivity index (χ2v) is 17.5. The second-order valence-electron chi connectivity index (χ2n) is 17.5. The Morgan fingerprint density at radius 2 is 0.692 bits per heavy atom. The van der Waals surface area contributed by atoms with Gasteiger partial charge in [-0.25, -0.2) is 0 Å². The smallest absolute Gasteiger partial charge is 0.550 e. The molecule has 0 bridgehead atoms. The fourth-order valence-electron chi connectivity index (χ4n) is 8.04. The summed E-state index contributed by atoms with van der Waals surface area (Å²) in [6.45, 7) is 8.65. The molecule has 364 valence electrons. The number of aliphatic carboxylic acids is 2. The summed E-state index contributed by atoms with van der Waals surface area (Å²) in [5.41, 5.74) is 2.48. The average molecular weight is 1030 g/mol. The number of carbonyl (C=O) groups excluding carboxylic acids is 4. The Hall–Kier alpha value is -2.19. The van der Waals surface area contributed by atoms with Gasteiger partial charge in [0.25, 0.3) is 0 Å². The molecular weight excluding hydrogens is 946 g/mol. The maximum atomic E-state index is 11.2. The van der Waals surface area contributed by atoms with E-state index in [1.807, 2.05) is 12.1 Å². The molecule has 0 N–H and O–H groups in total. The number of hydrogen-bond acceptors (Lipinski definition) is 10. The summed E-state index contributed by atoms with van der Waals surface area (Å²) < 4.78 is 22.9. The van der Waals surface area contributed by atoms with Crippen molar-refractivity contribution in [2.24, 2.45) is 0 Å². The molecule has 0 aliphatic heterocycles. The van der Waals surface area contributed by atoms with E-state index in [9.17, 15) is 29.4 Å². The Bertz CT molecular complexity index is 1320. The molecule has 0 spiro atoms. The molecule has 11 heteroatoms. The molecular formula is C54H86BaO10. The van der Waals surface area contributed by atoms with Crippen LogP contribution in [0.2, 0.25) is 0 Å². The van der Waals surface area contributed by atoms with Gasteiger partial charge in [-0.15, -0.1) is 0 Å². The summed E-state index contributed by atoms with van der Waals surface area (Å²) in [6, 6.07) is 20.8. The molecule has 2 aromatic rings. The van der Waals surface area contributed by atoms with Crippen LogP contribution in [-0.4, -0.2) is 97.2 Å². The zero-order valence-electron chi connectivity index (χ0n) is 41.1. The maximum absolute atomic E-state index is 11.2. The molecule has 4 unspecified atom stereocenters. The van der Waals surface area contributed by atoms with Gasteiger partial charge in [0, 0.05) is 25.8 Å². The standard InChI is InChI=1S/2C27H44O5.Ba/c2*1-3-15-25(31-22-24-16-10-9-11-17-24)18-12-7-5-4-6-8-13-19-26(32-23(2)28)20-14-21-27(29)30;/h2*9-11,16-17,25-26H,3-8,12-15,18-22H2,1-2H3,(H,29,30);/q;;+2/p-2. The first-order valence-corrected chi connectivity index (χ1v) is 25.1. The minimum absolute atomic E-state index is 0. The van der Waals surface area contributed by atoms with E-state index in [0.29, 0.717) is 51.1 Å². The normalized spacial score (nSPS) is 12.7. The van der Waals surface area contributed by atoms with Gasteiger partial charge in [-0.1, -0.05) is 164 Å². The van der Waals surface area contributed by atoms with Crippen molar-refractivity contribution < 1.29 is 48.3 Å². The van der Waals surface area contributed by atoms with Crippen LogP contribution in [0.15, 0.2) is 60.7 Å². The van der Waals surface area contributed by atoms with Crippen molar-refractivity contribution in [1.29, 1.82) is 0 Å². The van der Waals surface area contributed by atoms with E-state index < -0.39 is 11.9 Å². The van der Waals surface area contributed by atoms with E-state index in [4.69, 9.17) is 18.9 Å². The SMILES string of the molecule is CCCC(CCCCCCCCCC(CCCC(=O)[O-])OC(C)=O)OCc1ccccc1.CCCC(CCCCCCCCCC(CCCC(=O)[O-])OC(C)=O)OCc1ccccc1.[Ba+2]. The van der Waals surface area contributed by atoms with Crippen molar-refractivity contribution in [1.82, 2.24) is 0 Å². The molecule has 4 atom stereocenters. The molecule has 2 aromatic carbocycles. The van der Waals surface area contributed by atoms with Gasteiger partial charge in [-0.05, 0) is 101 Å². The Morgan fingerprint density at radius 3 is 0.969 bits per heavy atom. The Balaban J connectivity index is 0.00000124. The summed E-state index contributed by atoms with van der Waals surface area (Å²) in [5.74, 6) is -2.68. The number of carboxylic acid groups (broad SMARTS) is 2. The summed E-state index contributed by atoms with van der Waals surface area (Å²) in [7, 11) is 0. The van der Waals surface area contributed by atoms with Gasteiger partial charge < -0.3 is 38.7 Å². The van der Waals surface area contributed by atoms with Gasteiger partial charge in [0.1, 0.15) is 12.2 Å². The number of hydrogen-bond donors (Lipinski definition) is 0.